The van der Waals surface area contributed by atoms with Gasteiger partial charge in [-0.15, -0.1) is 0 Å². The largest absolute Gasteiger partial charge is 0.511 e. The Hall–Kier alpha value is -2.50. The van der Waals surface area contributed by atoms with Gasteiger partial charge in [-0.1, -0.05) is 36.4 Å². The summed E-state index contributed by atoms with van der Waals surface area (Å²) < 4.78 is 42.4. The molecule has 0 aliphatic carbocycles. The van der Waals surface area contributed by atoms with E-state index in [1.54, 1.807) is 30.3 Å². The highest BCUT2D eigenvalue weighted by molar-refractivity contribution is 5.74. The van der Waals surface area contributed by atoms with Gasteiger partial charge in [0.05, 0.1) is 5.56 Å². The monoisotopic (exact) mass is 282 g/mol. The molecular formula is C14H9F3O3. The first kappa shape index (κ1) is 13.9. The summed E-state index contributed by atoms with van der Waals surface area (Å²) in [5, 5.41) is 8.63. The van der Waals surface area contributed by atoms with E-state index in [9.17, 15) is 18.0 Å². The maximum atomic E-state index is 12.6. The Morgan fingerprint density at radius 3 is 2.25 bits per heavy atom. The summed E-state index contributed by atoms with van der Waals surface area (Å²) >= 11 is 0. The van der Waals surface area contributed by atoms with E-state index < -0.39 is 17.9 Å². The number of carbonyl (C=O) groups is 1. The zero-order chi connectivity index (χ0) is 14.8. The predicted octanol–water partition coefficient (Wildman–Crippen LogP) is 4.43. The summed E-state index contributed by atoms with van der Waals surface area (Å²) in [5.41, 5.74) is -0.119. The molecule has 0 fully saturated rings. The van der Waals surface area contributed by atoms with Crippen molar-refractivity contribution in [3.63, 3.8) is 0 Å². The summed E-state index contributed by atoms with van der Waals surface area (Å²) in [5.74, 6) is -0.349. The first-order valence-corrected chi connectivity index (χ1v) is 5.55. The van der Waals surface area contributed by atoms with Crippen molar-refractivity contribution >= 4 is 6.16 Å². The van der Waals surface area contributed by atoms with Gasteiger partial charge in [0.2, 0.25) is 0 Å². The molecule has 0 amide bonds. The average molecular weight is 282 g/mol. The number of alkyl halides is 3. The van der Waals surface area contributed by atoms with Crippen LogP contribution in [0.2, 0.25) is 0 Å². The molecule has 0 spiro atoms. The van der Waals surface area contributed by atoms with Crippen LogP contribution in [0, 0.1) is 0 Å². The molecule has 0 bridgehead atoms. The number of carboxylic acid groups (broad SMARTS) is 1. The molecular weight excluding hydrogens is 273 g/mol. The van der Waals surface area contributed by atoms with Crippen molar-refractivity contribution in [2.45, 2.75) is 6.18 Å². The number of ether oxygens (including phenoxy) is 1. The van der Waals surface area contributed by atoms with E-state index in [0.717, 1.165) is 6.07 Å². The zero-order valence-electron chi connectivity index (χ0n) is 10.0. The minimum absolute atomic E-state index is 0.279. The van der Waals surface area contributed by atoms with E-state index in [2.05, 4.69) is 4.74 Å². The average Bonchev–Trinajstić information content (AvgIpc) is 2.38. The number of benzene rings is 2. The normalized spacial score (nSPS) is 11.2. The molecule has 0 heterocycles. The Bertz CT molecular complexity index is 621. The molecule has 104 valence electrons. The highest BCUT2D eigenvalue weighted by atomic mass is 19.4. The Kier molecular flexibility index (Phi) is 3.65. The third-order valence-corrected chi connectivity index (χ3v) is 2.59. The fraction of sp³-hybridized carbons (Fsp3) is 0.0714. The summed E-state index contributed by atoms with van der Waals surface area (Å²) in [7, 11) is 0. The Morgan fingerprint density at radius 2 is 1.70 bits per heavy atom. The van der Waals surface area contributed by atoms with Crippen LogP contribution < -0.4 is 4.74 Å². The third kappa shape index (κ3) is 3.09. The van der Waals surface area contributed by atoms with Crippen LogP contribution in [0.1, 0.15) is 5.56 Å². The molecule has 2 aromatic rings. The van der Waals surface area contributed by atoms with E-state index in [1.807, 2.05) is 0 Å². The first-order chi connectivity index (χ1) is 9.38. The molecule has 0 aliphatic heterocycles. The Labute approximate surface area is 112 Å². The van der Waals surface area contributed by atoms with Crippen LogP contribution in [-0.2, 0) is 6.18 Å². The van der Waals surface area contributed by atoms with Crippen LogP contribution in [0.15, 0.2) is 48.5 Å². The summed E-state index contributed by atoms with van der Waals surface area (Å²) in [6.45, 7) is 0. The summed E-state index contributed by atoms with van der Waals surface area (Å²) in [6.07, 6.45) is -6.23. The van der Waals surface area contributed by atoms with Crippen LogP contribution in [0.25, 0.3) is 11.1 Å². The van der Waals surface area contributed by atoms with Crippen LogP contribution in [0.3, 0.4) is 0 Å². The van der Waals surface area contributed by atoms with Gasteiger partial charge in [-0.2, -0.15) is 13.2 Å². The molecule has 0 aromatic heterocycles. The fourth-order valence-electron chi connectivity index (χ4n) is 1.73. The summed E-state index contributed by atoms with van der Waals surface area (Å²) in [4.78, 5) is 10.6. The lowest BCUT2D eigenvalue weighted by atomic mass is 10.0. The molecule has 2 rings (SSSR count). The van der Waals surface area contributed by atoms with Gasteiger partial charge in [-0.3, -0.25) is 0 Å². The number of hydrogen-bond donors (Lipinski definition) is 1. The van der Waals surface area contributed by atoms with Gasteiger partial charge in [0.1, 0.15) is 5.75 Å². The minimum Gasteiger partial charge on any atom is -0.449 e. The molecule has 1 N–H and O–H groups in total. The predicted molar refractivity (Wildman–Crippen MR) is 65.5 cm³/mol. The van der Waals surface area contributed by atoms with E-state index in [-0.39, 0.29) is 11.3 Å². The maximum Gasteiger partial charge on any atom is 0.511 e. The topological polar surface area (TPSA) is 46.5 Å². The minimum atomic E-state index is -4.56. The molecule has 20 heavy (non-hydrogen) atoms. The fourth-order valence-corrected chi connectivity index (χ4v) is 1.73. The molecule has 2 aromatic carbocycles. The van der Waals surface area contributed by atoms with Gasteiger partial charge < -0.3 is 9.84 Å². The van der Waals surface area contributed by atoms with Crippen molar-refractivity contribution in [3.05, 3.63) is 54.1 Å². The van der Waals surface area contributed by atoms with Gasteiger partial charge in [-0.25, -0.2) is 4.79 Å². The second kappa shape index (κ2) is 5.24. The zero-order valence-corrected chi connectivity index (χ0v) is 10.0. The molecule has 0 unspecified atom stereocenters. The highest BCUT2D eigenvalue weighted by Crippen LogP contribution is 2.37. The molecule has 0 saturated heterocycles. The van der Waals surface area contributed by atoms with Crippen molar-refractivity contribution in [1.29, 1.82) is 0 Å². The molecule has 0 radical (unpaired) electrons. The van der Waals surface area contributed by atoms with Crippen molar-refractivity contribution in [2.75, 3.05) is 0 Å². The second-order valence-corrected chi connectivity index (χ2v) is 3.94. The Balaban J connectivity index is 2.54. The van der Waals surface area contributed by atoms with Gasteiger partial charge in [-0.05, 0) is 17.7 Å². The maximum absolute atomic E-state index is 12.6. The lowest BCUT2D eigenvalue weighted by molar-refractivity contribution is -0.137. The van der Waals surface area contributed by atoms with Crippen molar-refractivity contribution in [1.82, 2.24) is 0 Å². The standard InChI is InChI=1S/C14H9F3O3/c15-14(16,17)10-6-7-11(9-4-2-1-3-5-9)12(8-10)20-13(18)19/h1-8H,(H,18,19). The van der Waals surface area contributed by atoms with E-state index >= 15 is 0 Å². The summed E-state index contributed by atoms with van der Waals surface area (Å²) in [6, 6.07) is 11.2. The first-order valence-electron chi connectivity index (χ1n) is 5.55. The van der Waals surface area contributed by atoms with E-state index in [0.29, 0.717) is 11.6 Å². The lowest BCUT2D eigenvalue weighted by Gasteiger charge is -2.12. The van der Waals surface area contributed by atoms with Gasteiger partial charge >= 0.3 is 12.3 Å². The van der Waals surface area contributed by atoms with Gasteiger partial charge in [0.25, 0.3) is 0 Å². The van der Waals surface area contributed by atoms with Gasteiger partial charge in [0.15, 0.2) is 0 Å². The van der Waals surface area contributed by atoms with E-state index in [4.69, 9.17) is 5.11 Å². The van der Waals surface area contributed by atoms with Crippen LogP contribution >= 0.6 is 0 Å². The molecule has 0 atom stereocenters. The van der Waals surface area contributed by atoms with E-state index in [1.165, 1.54) is 6.07 Å². The lowest BCUT2D eigenvalue weighted by Crippen LogP contribution is -2.08. The Morgan fingerprint density at radius 1 is 1.05 bits per heavy atom. The molecule has 0 aliphatic rings. The molecule has 6 heteroatoms. The highest BCUT2D eigenvalue weighted by Gasteiger charge is 2.31. The van der Waals surface area contributed by atoms with Crippen molar-refractivity contribution in [3.8, 4) is 16.9 Å². The number of hydrogen-bond acceptors (Lipinski definition) is 2. The quantitative estimate of drug-likeness (QED) is 0.654. The number of rotatable bonds is 2. The van der Waals surface area contributed by atoms with Crippen molar-refractivity contribution in [2.24, 2.45) is 0 Å². The van der Waals surface area contributed by atoms with Crippen LogP contribution in [0.5, 0.6) is 5.75 Å². The smallest absolute Gasteiger partial charge is 0.449 e. The SMILES string of the molecule is O=C(O)Oc1cc(C(F)(F)F)ccc1-c1ccccc1. The third-order valence-electron chi connectivity index (χ3n) is 2.59. The van der Waals surface area contributed by atoms with Crippen LogP contribution in [-0.4, -0.2) is 11.3 Å². The van der Waals surface area contributed by atoms with Crippen molar-refractivity contribution < 1.29 is 27.8 Å². The second-order valence-electron chi connectivity index (χ2n) is 3.94. The number of halogens is 3. The van der Waals surface area contributed by atoms with Gasteiger partial charge in [0, 0.05) is 5.56 Å². The van der Waals surface area contributed by atoms with Crippen LogP contribution in [0.4, 0.5) is 18.0 Å². The molecule has 3 nitrogen and oxygen atoms in total. The molecule has 0 saturated carbocycles.